The summed E-state index contributed by atoms with van der Waals surface area (Å²) in [6.45, 7) is 0. The summed E-state index contributed by atoms with van der Waals surface area (Å²) in [5.74, 6) is 6.59. The highest BCUT2D eigenvalue weighted by Crippen LogP contribution is 2.25. The number of rotatable bonds is 6. The summed E-state index contributed by atoms with van der Waals surface area (Å²) >= 11 is 7.15. The molecule has 0 aliphatic carbocycles. The van der Waals surface area contributed by atoms with E-state index in [2.05, 4.69) is 57.1 Å². The van der Waals surface area contributed by atoms with Crippen molar-refractivity contribution in [2.75, 3.05) is 5.75 Å². The Balaban J connectivity index is 1.88. The number of hydrogen-bond acceptors (Lipinski definition) is 4. The molecule has 0 bridgehead atoms. The van der Waals surface area contributed by atoms with Crippen LogP contribution < -0.4 is 11.3 Å². The number of thiophene rings is 1. The Morgan fingerprint density at radius 2 is 2.06 bits per heavy atom. The first-order valence-corrected chi connectivity index (χ1v) is 8.31. The molecule has 2 nitrogen and oxygen atoms in total. The molecule has 0 spiro atoms. The molecule has 2 rings (SSSR count). The molecule has 0 radical (unpaired) electrons. The SMILES string of the molecule is NNC(CSc1ccccc1)Cc1sccc1Br. The predicted molar refractivity (Wildman–Crippen MR) is 84.0 cm³/mol. The molecule has 1 heterocycles. The fourth-order valence-corrected chi connectivity index (χ4v) is 4.13. The van der Waals surface area contributed by atoms with Gasteiger partial charge < -0.3 is 0 Å². The lowest BCUT2D eigenvalue weighted by Gasteiger charge is -2.14. The third-order valence-electron chi connectivity index (χ3n) is 2.55. The molecule has 3 N–H and O–H groups in total. The van der Waals surface area contributed by atoms with Crippen LogP contribution in [-0.2, 0) is 6.42 Å². The number of halogens is 1. The highest BCUT2D eigenvalue weighted by atomic mass is 79.9. The molecule has 0 aliphatic rings. The number of nitrogens with one attached hydrogen (secondary N) is 1. The molecule has 0 saturated carbocycles. The summed E-state index contributed by atoms with van der Waals surface area (Å²) in [6.07, 6.45) is 0.953. The molecule has 1 aromatic heterocycles. The molecule has 1 aromatic carbocycles. The molecular formula is C13H15BrN2S2. The maximum absolute atomic E-state index is 5.63. The Labute approximate surface area is 124 Å². The highest BCUT2D eigenvalue weighted by molar-refractivity contribution is 9.10. The number of hydrazine groups is 1. The van der Waals surface area contributed by atoms with Gasteiger partial charge in [0.1, 0.15) is 0 Å². The topological polar surface area (TPSA) is 38.0 Å². The van der Waals surface area contributed by atoms with Gasteiger partial charge in [0.25, 0.3) is 0 Å². The molecule has 0 fully saturated rings. The van der Waals surface area contributed by atoms with Gasteiger partial charge >= 0.3 is 0 Å². The van der Waals surface area contributed by atoms with Crippen LogP contribution in [0.3, 0.4) is 0 Å². The maximum atomic E-state index is 5.63. The van der Waals surface area contributed by atoms with E-state index in [1.165, 1.54) is 14.2 Å². The molecule has 2 aromatic rings. The van der Waals surface area contributed by atoms with E-state index >= 15 is 0 Å². The maximum Gasteiger partial charge on any atom is 0.0353 e. The van der Waals surface area contributed by atoms with Gasteiger partial charge in [0.15, 0.2) is 0 Å². The first kappa shape index (κ1) is 14.1. The van der Waals surface area contributed by atoms with Crippen LogP contribution in [0.25, 0.3) is 0 Å². The molecule has 96 valence electrons. The Morgan fingerprint density at radius 1 is 1.28 bits per heavy atom. The van der Waals surface area contributed by atoms with Gasteiger partial charge in [-0.1, -0.05) is 18.2 Å². The van der Waals surface area contributed by atoms with Crippen LogP contribution in [0.5, 0.6) is 0 Å². The zero-order valence-electron chi connectivity index (χ0n) is 9.80. The molecule has 18 heavy (non-hydrogen) atoms. The van der Waals surface area contributed by atoms with E-state index in [4.69, 9.17) is 5.84 Å². The normalized spacial score (nSPS) is 12.6. The van der Waals surface area contributed by atoms with Gasteiger partial charge in [-0.15, -0.1) is 23.1 Å². The fraction of sp³-hybridized carbons (Fsp3) is 0.231. The lowest BCUT2D eigenvalue weighted by atomic mass is 10.2. The van der Waals surface area contributed by atoms with Gasteiger partial charge in [0.05, 0.1) is 0 Å². The van der Waals surface area contributed by atoms with Crippen molar-refractivity contribution in [3.8, 4) is 0 Å². The van der Waals surface area contributed by atoms with Crippen LogP contribution in [0.4, 0.5) is 0 Å². The zero-order valence-corrected chi connectivity index (χ0v) is 13.0. The minimum absolute atomic E-state index is 0.283. The van der Waals surface area contributed by atoms with Crippen LogP contribution in [0.1, 0.15) is 4.88 Å². The summed E-state index contributed by atoms with van der Waals surface area (Å²) < 4.78 is 1.18. The summed E-state index contributed by atoms with van der Waals surface area (Å²) in [4.78, 5) is 2.62. The van der Waals surface area contributed by atoms with Gasteiger partial charge in [-0.25, -0.2) is 0 Å². The highest BCUT2D eigenvalue weighted by Gasteiger charge is 2.11. The van der Waals surface area contributed by atoms with Gasteiger partial charge in [-0.2, -0.15) is 0 Å². The largest absolute Gasteiger partial charge is 0.271 e. The van der Waals surface area contributed by atoms with Gasteiger partial charge in [0.2, 0.25) is 0 Å². The summed E-state index contributed by atoms with van der Waals surface area (Å²) in [6, 6.07) is 12.8. The fourth-order valence-electron chi connectivity index (χ4n) is 1.57. The second kappa shape index (κ2) is 7.31. The molecule has 5 heteroatoms. The van der Waals surface area contributed by atoms with E-state index in [1.807, 2.05) is 17.8 Å². The second-order valence-electron chi connectivity index (χ2n) is 3.88. The van der Waals surface area contributed by atoms with Crippen LogP contribution in [0.2, 0.25) is 0 Å². The Bertz CT molecular complexity index is 473. The van der Waals surface area contributed by atoms with E-state index in [-0.39, 0.29) is 6.04 Å². The molecule has 0 aliphatic heterocycles. The average molecular weight is 343 g/mol. The van der Waals surface area contributed by atoms with Crippen molar-refractivity contribution in [2.24, 2.45) is 5.84 Å². The lowest BCUT2D eigenvalue weighted by molar-refractivity contribution is 0.578. The molecular weight excluding hydrogens is 328 g/mol. The van der Waals surface area contributed by atoms with Crippen molar-refractivity contribution in [1.82, 2.24) is 5.43 Å². The van der Waals surface area contributed by atoms with Crippen molar-refractivity contribution in [3.05, 3.63) is 51.1 Å². The van der Waals surface area contributed by atoms with Gasteiger partial charge in [0, 0.05) is 32.5 Å². The third-order valence-corrected chi connectivity index (χ3v) is 5.68. The van der Waals surface area contributed by atoms with E-state index in [1.54, 1.807) is 11.3 Å². The number of nitrogens with two attached hydrogens (primary N) is 1. The van der Waals surface area contributed by atoms with Crippen molar-refractivity contribution in [2.45, 2.75) is 17.4 Å². The van der Waals surface area contributed by atoms with Crippen LogP contribution >= 0.6 is 39.0 Å². The zero-order chi connectivity index (χ0) is 12.8. The minimum atomic E-state index is 0.283. The van der Waals surface area contributed by atoms with E-state index < -0.39 is 0 Å². The van der Waals surface area contributed by atoms with Crippen LogP contribution in [0.15, 0.2) is 51.1 Å². The van der Waals surface area contributed by atoms with Crippen molar-refractivity contribution in [3.63, 3.8) is 0 Å². The first-order chi connectivity index (χ1) is 8.79. The Morgan fingerprint density at radius 3 is 2.67 bits per heavy atom. The minimum Gasteiger partial charge on any atom is -0.271 e. The van der Waals surface area contributed by atoms with Crippen molar-refractivity contribution in [1.29, 1.82) is 0 Å². The summed E-state index contributed by atoms with van der Waals surface area (Å²) in [5, 5.41) is 2.09. The molecule has 1 unspecified atom stereocenters. The number of thioether (sulfide) groups is 1. The predicted octanol–water partition coefficient (Wildman–Crippen LogP) is 3.68. The van der Waals surface area contributed by atoms with Crippen molar-refractivity contribution >= 4 is 39.0 Å². The number of hydrogen-bond donors (Lipinski definition) is 2. The van der Waals surface area contributed by atoms with E-state index in [9.17, 15) is 0 Å². The smallest absolute Gasteiger partial charge is 0.0353 e. The summed E-state index contributed by atoms with van der Waals surface area (Å²) in [5.41, 5.74) is 2.90. The quantitative estimate of drug-likeness (QED) is 0.477. The Hall–Kier alpha value is -0.330. The third kappa shape index (κ3) is 4.10. The van der Waals surface area contributed by atoms with Crippen LogP contribution in [0, 0.1) is 0 Å². The number of benzene rings is 1. The van der Waals surface area contributed by atoms with Crippen LogP contribution in [-0.4, -0.2) is 11.8 Å². The molecule has 0 amide bonds. The van der Waals surface area contributed by atoms with Crippen molar-refractivity contribution < 1.29 is 0 Å². The van der Waals surface area contributed by atoms with Gasteiger partial charge in [-0.3, -0.25) is 11.3 Å². The Kier molecular flexibility index (Phi) is 5.72. The van der Waals surface area contributed by atoms with Gasteiger partial charge in [-0.05, 0) is 39.5 Å². The second-order valence-corrected chi connectivity index (χ2v) is 6.83. The molecule has 1 atom stereocenters. The lowest BCUT2D eigenvalue weighted by Crippen LogP contribution is -2.38. The first-order valence-electron chi connectivity index (χ1n) is 5.65. The average Bonchev–Trinajstić information content (AvgIpc) is 2.81. The standard InChI is InChI=1S/C13H15BrN2S2/c14-12-6-7-17-13(12)8-10(16-15)9-18-11-4-2-1-3-5-11/h1-7,10,16H,8-9,15H2. The molecule has 0 saturated heterocycles. The monoisotopic (exact) mass is 342 g/mol. The van der Waals surface area contributed by atoms with E-state index in [0.29, 0.717) is 0 Å². The van der Waals surface area contributed by atoms with E-state index in [0.717, 1.165) is 12.2 Å². The summed E-state index contributed by atoms with van der Waals surface area (Å²) in [7, 11) is 0.